The number of hydrogen-bond donors (Lipinski definition) is 1. The van der Waals surface area contributed by atoms with E-state index in [9.17, 15) is 18.0 Å². The highest BCUT2D eigenvalue weighted by atomic mass is 19.4. The van der Waals surface area contributed by atoms with Gasteiger partial charge in [0.2, 0.25) is 5.91 Å². The number of hydrogen-bond acceptors (Lipinski definition) is 4. The van der Waals surface area contributed by atoms with E-state index < -0.39 is 17.7 Å². The van der Waals surface area contributed by atoms with Crippen LogP contribution in [0.25, 0.3) is 0 Å². The van der Waals surface area contributed by atoms with Gasteiger partial charge >= 0.3 is 6.18 Å². The van der Waals surface area contributed by atoms with E-state index in [0.717, 1.165) is 42.6 Å². The van der Waals surface area contributed by atoms with Crippen molar-refractivity contribution in [3.63, 3.8) is 0 Å². The third-order valence-electron chi connectivity index (χ3n) is 7.08. The summed E-state index contributed by atoms with van der Waals surface area (Å²) in [7, 11) is 1.63. The molecule has 0 unspecified atom stereocenters. The van der Waals surface area contributed by atoms with E-state index in [1.54, 1.807) is 13.2 Å². The maximum Gasteiger partial charge on any atom is 0.416 e. The van der Waals surface area contributed by atoms with Crippen molar-refractivity contribution in [3.8, 4) is 5.75 Å². The number of amides is 1. The quantitative estimate of drug-likeness (QED) is 0.731. The highest BCUT2D eigenvalue weighted by Gasteiger charge is 2.43. The molecule has 2 aromatic carbocycles. The number of fused-ring (bicyclic) bond motifs is 3. The fourth-order valence-corrected chi connectivity index (χ4v) is 5.02. The summed E-state index contributed by atoms with van der Waals surface area (Å²) in [5, 5.41) is 3.07. The van der Waals surface area contributed by atoms with Gasteiger partial charge in [-0.1, -0.05) is 0 Å². The summed E-state index contributed by atoms with van der Waals surface area (Å²) in [4.78, 5) is 17.6. The first-order valence-electron chi connectivity index (χ1n) is 11.5. The summed E-state index contributed by atoms with van der Waals surface area (Å²) >= 11 is 0. The third-order valence-corrected chi connectivity index (χ3v) is 7.08. The number of carbonyl (C=O) groups is 1. The van der Waals surface area contributed by atoms with Crippen LogP contribution in [-0.4, -0.2) is 45.2 Å². The highest BCUT2D eigenvalue weighted by molar-refractivity contribution is 5.82. The smallest absolute Gasteiger partial charge is 0.416 e. The van der Waals surface area contributed by atoms with E-state index in [1.165, 1.54) is 6.07 Å². The van der Waals surface area contributed by atoms with Crippen molar-refractivity contribution in [2.24, 2.45) is 11.8 Å². The first-order chi connectivity index (χ1) is 15.8. The fourth-order valence-electron chi connectivity index (χ4n) is 5.02. The van der Waals surface area contributed by atoms with Crippen LogP contribution in [0.3, 0.4) is 0 Å². The number of anilines is 2. The number of ether oxygens (including phenoxy) is 1. The highest BCUT2D eigenvalue weighted by Crippen LogP contribution is 2.40. The third kappa shape index (κ3) is 4.48. The number of methoxy groups -OCH3 is 1. The molecular formula is C25H28F3N3O2. The van der Waals surface area contributed by atoms with Gasteiger partial charge in [0, 0.05) is 37.6 Å². The Hall–Kier alpha value is -2.90. The number of piperazine rings is 1. The largest absolute Gasteiger partial charge is 0.497 e. The molecule has 2 fully saturated rings. The molecule has 0 radical (unpaired) electrons. The van der Waals surface area contributed by atoms with Crippen molar-refractivity contribution < 1.29 is 22.7 Å². The Labute approximate surface area is 191 Å². The topological polar surface area (TPSA) is 44.8 Å². The number of rotatable bonds is 5. The summed E-state index contributed by atoms with van der Waals surface area (Å²) in [6, 6.07) is 11.7. The molecule has 1 N–H and O–H groups in total. The molecule has 33 heavy (non-hydrogen) atoms. The van der Waals surface area contributed by atoms with Crippen molar-refractivity contribution in [1.29, 1.82) is 0 Å². The van der Waals surface area contributed by atoms with Crippen LogP contribution >= 0.6 is 0 Å². The average molecular weight is 460 g/mol. The van der Waals surface area contributed by atoms with Gasteiger partial charge in [0.25, 0.3) is 0 Å². The van der Waals surface area contributed by atoms with Crippen molar-refractivity contribution in [1.82, 2.24) is 5.32 Å². The van der Waals surface area contributed by atoms with Crippen LogP contribution in [0.5, 0.6) is 5.75 Å². The second kappa shape index (κ2) is 8.47. The average Bonchev–Trinajstić information content (AvgIpc) is 3.65. The van der Waals surface area contributed by atoms with Crippen LogP contribution in [0.4, 0.5) is 24.5 Å². The maximum atomic E-state index is 13.3. The Balaban J connectivity index is 1.43. The molecule has 2 aromatic rings. The molecule has 1 saturated carbocycles. The number of nitrogens with one attached hydrogen (secondary N) is 1. The summed E-state index contributed by atoms with van der Waals surface area (Å²) < 4.78 is 45.3. The van der Waals surface area contributed by atoms with Crippen LogP contribution in [0.15, 0.2) is 42.5 Å². The Morgan fingerprint density at radius 3 is 2.55 bits per heavy atom. The van der Waals surface area contributed by atoms with Gasteiger partial charge < -0.3 is 19.9 Å². The molecule has 3 aliphatic rings. The predicted octanol–water partition coefficient (Wildman–Crippen LogP) is 4.11. The van der Waals surface area contributed by atoms with Crippen molar-refractivity contribution in [3.05, 3.63) is 53.6 Å². The van der Waals surface area contributed by atoms with Crippen LogP contribution in [0.2, 0.25) is 0 Å². The van der Waals surface area contributed by atoms with E-state index >= 15 is 0 Å². The van der Waals surface area contributed by atoms with Gasteiger partial charge in [0.15, 0.2) is 0 Å². The predicted molar refractivity (Wildman–Crippen MR) is 121 cm³/mol. The molecule has 1 amide bonds. The van der Waals surface area contributed by atoms with Crippen molar-refractivity contribution >= 4 is 17.3 Å². The van der Waals surface area contributed by atoms with Gasteiger partial charge in [-0.25, -0.2) is 0 Å². The van der Waals surface area contributed by atoms with Crippen molar-refractivity contribution in [2.75, 3.05) is 43.1 Å². The second-order valence-electron chi connectivity index (χ2n) is 9.25. The van der Waals surface area contributed by atoms with Gasteiger partial charge in [-0.3, -0.25) is 4.79 Å². The lowest BCUT2D eigenvalue weighted by atomic mass is 9.82. The first kappa shape index (κ1) is 21.9. The van der Waals surface area contributed by atoms with E-state index in [0.29, 0.717) is 37.5 Å². The number of benzene rings is 2. The minimum atomic E-state index is -4.40. The monoisotopic (exact) mass is 459 g/mol. The van der Waals surface area contributed by atoms with Crippen LogP contribution in [0, 0.1) is 11.8 Å². The van der Waals surface area contributed by atoms with Crippen LogP contribution < -0.4 is 19.9 Å². The van der Waals surface area contributed by atoms with Gasteiger partial charge in [-0.05, 0) is 73.2 Å². The molecule has 0 spiro atoms. The number of nitrogens with zero attached hydrogens (tertiary/aromatic N) is 2. The van der Waals surface area contributed by atoms with Gasteiger partial charge in [-0.15, -0.1) is 0 Å². The van der Waals surface area contributed by atoms with Gasteiger partial charge in [0.05, 0.1) is 24.6 Å². The number of carbonyl (C=O) groups excluding carboxylic acids is 1. The van der Waals surface area contributed by atoms with Crippen LogP contribution in [0.1, 0.15) is 24.0 Å². The minimum Gasteiger partial charge on any atom is -0.497 e. The zero-order valence-corrected chi connectivity index (χ0v) is 18.6. The Morgan fingerprint density at radius 2 is 1.88 bits per heavy atom. The normalized spacial score (nSPS) is 22.4. The lowest BCUT2D eigenvalue weighted by Crippen LogP contribution is -2.61. The van der Waals surface area contributed by atoms with Crippen LogP contribution in [-0.2, 0) is 17.4 Å². The van der Waals surface area contributed by atoms with Gasteiger partial charge in [-0.2, -0.15) is 13.2 Å². The Morgan fingerprint density at radius 1 is 1.12 bits per heavy atom. The van der Waals surface area contributed by atoms with E-state index in [1.807, 2.05) is 24.3 Å². The summed E-state index contributed by atoms with van der Waals surface area (Å²) in [6.07, 6.45) is -1.83. The Bertz CT molecular complexity index is 1020. The molecule has 2 aliphatic heterocycles. The van der Waals surface area contributed by atoms with E-state index in [4.69, 9.17) is 4.74 Å². The molecule has 2 atom stereocenters. The fraction of sp³-hybridized carbons (Fsp3) is 0.480. The lowest BCUT2D eigenvalue weighted by Gasteiger charge is -2.49. The zero-order chi connectivity index (χ0) is 23.2. The molecule has 5 rings (SSSR count). The molecule has 8 heteroatoms. The second-order valence-corrected chi connectivity index (χ2v) is 9.25. The lowest BCUT2D eigenvalue weighted by molar-refractivity contribution is -0.137. The standard InChI is InChI=1S/C25H28F3N3O2/c1-33-20-7-5-19(6-8-20)30-10-11-31-22-9-4-18(25(26,27)28)12-17(22)13-21(23(31)15-30)24(32)29-14-16-2-3-16/h4-9,12,16,21,23H,2-3,10-11,13-15H2,1H3,(H,29,32)/t21-,23-/m0/s1. The van der Waals surface area contributed by atoms with E-state index in [2.05, 4.69) is 15.1 Å². The zero-order valence-electron chi connectivity index (χ0n) is 18.6. The SMILES string of the molecule is COc1ccc(N2CCN3c4ccc(C(F)(F)F)cc4C[C@H](C(=O)NCC4CC4)[C@@H]3C2)cc1. The summed E-state index contributed by atoms with van der Waals surface area (Å²) in [5.41, 5.74) is 1.80. The molecule has 5 nitrogen and oxygen atoms in total. The molecule has 176 valence electrons. The minimum absolute atomic E-state index is 0.0588. The molecule has 1 saturated heterocycles. The maximum absolute atomic E-state index is 13.3. The molecule has 0 aromatic heterocycles. The summed E-state index contributed by atoms with van der Waals surface area (Å²) in [5.74, 6) is 0.860. The molecule has 1 aliphatic carbocycles. The molecular weight excluding hydrogens is 431 g/mol. The Kier molecular flexibility index (Phi) is 5.62. The molecule has 0 bridgehead atoms. The first-order valence-corrected chi connectivity index (χ1v) is 11.5. The summed E-state index contributed by atoms with van der Waals surface area (Å²) in [6.45, 7) is 2.65. The number of halogens is 3. The number of alkyl halides is 3. The van der Waals surface area contributed by atoms with E-state index in [-0.39, 0.29) is 11.9 Å². The van der Waals surface area contributed by atoms with Crippen molar-refractivity contribution in [2.45, 2.75) is 31.5 Å². The molecule has 2 heterocycles. The van der Waals surface area contributed by atoms with Gasteiger partial charge in [0.1, 0.15) is 5.75 Å².